The number of anilines is 1. The Morgan fingerprint density at radius 2 is 2.04 bits per heavy atom. The van der Waals surface area contributed by atoms with Crippen molar-refractivity contribution in [2.24, 2.45) is 0 Å². The number of nitrogens with zero attached hydrogens (tertiary/aromatic N) is 4. The molecule has 0 atom stereocenters. The maximum atomic E-state index is 12.4. The molecule has 0 bridgehead atoms. The lowest BCUT2D eigenvalue weighted by Crippen LogP contribution is -2.50. The monoisotopic (exact) mass is 359 g/mol. The van der Waals surface area contributed by atoms with E-state index in [1.165, 1.54) is 11.3 Å². The molecular weight excluding hydrogens is 340 g/mol. The summed E-state index contributed by atoms with van der Waals surface area (Å²) in [6.45, 7) is 2.77. The van der Waals surface area contributed by atoms with Gasteiger partial charge in [-0.05, 0) is 0 Å². The number of rotatable bonds is 5. The molecule has 2 saturated heterocycles. The number of carbonyl (C=O) groups excluding carboxylic acids is 2. The number of thiazole rings is 1. The van der Waals surface area contributed by atoms with Crippen molar-refractivity contribution >= 4 is 28.4 Å². The van der Waals surface area contributed by atoms with Gasteiger partial charge < -0.3 is 10.2 Å². The predicted octanol–water partition coefficient (Wildman–Crippen LogP) is 0.624. The van der Waals surface area contributed by atoms with E-state index in [0.29, 0.717) is 50.1 Å². The van der Waals surface area contributed by atoms with E-state index in [1.54, 1.807) is 20.1 Å². The van der Waals surface area contributed by atoms with E-state index in [2.05, 4.69) is 10.3 Å². The van der Waals surface area contributed by atoms with Gasteiger partial charge in [0, 0.05) is 44.6 Å². The molecule has 0 spiro atoms. The average molecular weight is 359 g/mol. The van der Waals surface area contributed by atoms with Crippen LogP contribution in [0, 0.1) is 0 Å². The van der Waals surface area contributed by atoms with Gasteiger partial charge >= 0.3 is 6.03 Å². The number of nitrogens with one attached hydrogen (secondary N) is 1. The van der Waals surface area contributed by atoms with Gasteiger partial charge in [-0.25, -0.2) is 18.6 Å². The van der Waals surface area contributed by atoms with Crippen LogP contribution in [0.5, 0.6) is 0 Å². The number of hydrogen-bond donors (Lipinski definition) is 1. The van der Waals surface area contributed by atoms with Crippen LogP contribution < -0.4 is 10.2 Å². The average Bonchev–Trinajstić information content (AvgIpc) is 3.16. The first-order valence-corrected chi connectivity index (χ1v) is 8.69. The fourth-order valence-electron chi connectivity index (χ4n) is 2.80. The second kappa shape index (κ2) is 7.39. The fraction of sp³-hybridized carbons (Fsp3) is 0.643. The summed E-state index contributed by atoms with van der Waals surface area (Å²) >= 11 is 1.34. The number of amides is 3. The Labute approximate surface area is 142 Å². The molecule has 2 aliphatic rings. The molecule has 1 N–H and O–H groups in total. The second-order valence-electron chi connectivity index (χ2n) is 5.75. The first-order chi connectivity index (χ1) is 11.5. The standard InChI is InChI=1S/C14H19F2N5O2S/c15-11(16)8-19-3-5-20(6-4-19)12(22)7-10-9-24-14(18-10)21-2-1-17-13(21)23/h9,11H,1-8H2,(H,17,23). The predicted molar refractivity (Wildman–Crippen MR) is 85.6 cm³/mol. The highest BCUT2D eigenvalue weighted by molar-refractivity contribution is 7.14. The first kappa shape index (κ1) is 17.0. The maximum Gasteiger partial charge on any atom is 0.323 e. The third kappa shape index (κ3) is 3.99. The van der Waals surface area contributed by atoms with Crippen molar-refractivity contribution < 1.29 is 18.4 Å². The molecule has 7 nitrogen and oxygen atoms in total. The van der Waals surface area contributed by atoms with E-state index < -0.39 is 6.43 Å². The smallest absolute Gasteiger partial charge is 0.323 e. The Hall–Kier alpha value is -1.81. The molecule has 1 aromatic rings. The van der Waals surface area contributed by atoms with Crippen LogP contribution in [-0.2, 0) is 11.2 Å². The third-order valence-corrected chi connectivity index (χ3v) is 4.99. The van der Waals surface area contributed by atoms with Crippen LogP contribution in [0.3, 0.4) is 0 Å². The van der Waals surface area contributed by atoms with Gasteiger partial charge in [-0.3, -0.25) is 14.6 Å². The lowest BCUT2D eigenvalue weighted by Gasteiger charge is -2.34. The van der Waals surface area contributed by atoms with Gasteiger partial charge in [0.05, 0.1) is 18.7 Å². The van der Waals surface area contributed by atoms with Crippen LogP contribution in [0.4, 0.5) is 18.7 Å². The van der Waals surface area contributed by atoms with Gasteiger partial charge in [-0.2, -0.15) is 0 Å². The van der Waals surface area contributed by atoms with Crippen LogP contribution >= 0.6 is 11.3 Å². The summed E-state index contributed by atoms with van der Waals surface area (Å²) in [6.07, 6.45) is -2.18. The van der Waals surface area contributed by atoms with Gasteiger partial charge in [0.1, 0.15) is 0 Å². The molecule has 3 amide bonds. The Kier molecular flexibility index (Phi) is 5.24. The molecule has 3 rings (SSSR count). The number of urea groups is 1. The normalized spacial score (nSPS) is 19.2. The zero-order valence-electron chi connectivity index (χ0n) is 13.1. The Morgan fingerprint density at radius 1 is 1.29 bits per heavy atom. The molecule has 0 aromatic carbocycles. The molecule has 1 aromatic heterocycles. The number of hydrogen-bond acceptors (Lipinski definition) is 5. The van der Waals surface area contributed by atoms with Gasteiger partial charge in [0.15, 0.2) is 5.13 Å². The van der Waals surface area contributed by atoms with Crippen LogP contribution in [0.15, 0.2) is 5.38 Å². The van der Waals surface area contributed by atoms with Gasteiger partial charge in [0.2, 0.25) is 5.91 Å². The highest BCUT2D eigenvalue weighted by atomic mass is 32.1. The SMILES string of the molecule is O=C(Cc1csc(N2CCNC2=O)n1)N1CCN(CC(F)F)CC1. The first-order valence-electron chi connectivity index (χ1n) is 7.81. The maximum absolute atomic E-state index is 12.4. The topological polar surface area (TPSA) is 68.8 Å². The molecule has 10 heteroatoms. The molecule has 0 aliphatic carbocycles. The summed E-state index contributed by atoms with van der Waals surface area (Å²) in [5.74, 6) is -0.0607. The molecule has 2 fully saturated rings. The van der Waals surface area contributed by atoms with E-state index in [-0.39, 0.29) is 24.9 Å². The van der Waals surface area contributed by atoms with Crippen molar-refractivity contribution in [2.75, 3.05) is 50.7 Å². The molecule has 0 unspecified atom stereocenters. The zero-order chi connectivity index (χ0) is 17.1. The van der Waals surface area contributed by atoms with Crippen molar-refractivity contribution in [3.05, 3.63) is 11.1 Å². The van der Waals surface area contributed by atoms with Crippen molar-refractivity contribution in [3.63, 3.8) is 0 Å². The molecule has 0 saturated carbocycles. The number of piperazine rings is 1. The summed E-state index contributed by atoms with van der Waals surface area (Å²) in [5, 5.41) is 5.08. The molecule has 3 heterocycles. The van der Waals surface area contributed by atoms with Crippen LogP contribution in [0.1, 0.15) is 5.69 Å². The van der Waals surface area contributed by atoms with E-state index in [4.69, 9.17) is 0 Å². The minimum atomic E-state index is -2.34. The van der Waals surface area contributed by atoms with Crippen LogP contribution in [-0.4, -0.2) is 79.0 Å². The number of alkyl halides is 2. The Bertz CT molecular complexity index is 604. The molecule has 24 heavy (non-hydrogen) atoms. The largest absolute Gasteiger partial charge is 0.340 e. The minimum Gasteiger partial charge on any atom is -0.340 e. The number of aromatic nitrogens is 1. The third-order valence-electron chi connectivity index (χ3n) is 4.08. The van der Waals surface area contributed by atoms with Crippen molar-refractivity contribution in [2.45, 2.75) is 12.8 Å². The summed E-state index contributed by atoms with van der Waals surface area (Å²) in [5.41, 5.74) is 0.634. The van der Waals surface area contributed by atoms with E-state index in [9.17, 15) is 18.4 Å². The van der Waals surface area contributed by atoms with Crippen LogP contribution in [0.2, 0.25) is 0 Å². The highest BCUT2D eigenvalue weighted by Gasteiger charge is 2.26. The zero-order valence-corrected chi connectivity index (χ0v) is 13.9. The van der Waals surface area contributed by atoms with Crippen molar-refractivity contribution in [3.8, 4) is 0 Å². The second-order valence-corrected chi connectivity index (χ2v) is 6.59. The molecular formula is C14H19F2N5O2S. The van der Waals surface area contributed by atoms with Gasteiger partial charge in [-0.15, -0.1) is 11.3 Å². The van der Waals surface area contributed by atoms with E-state index in [0.717, 1.165) is 0 Å². The molecule has 0 radical (unpaired) electrons. The van der Waals surface area contributed by atoms with Crippen molar-refractivity contribution in [1.82, 2.24) is 20.1 Å². The molecule has 132 valence electrons. The summed E-state index contributed by atoms with van der Waals surface area (Å²) in [4.78, 5) is 33.2. The fourth-order valence-corrected chi connectivity index (χ4v) is 3.65. The van der Waals surface area contributed by atoms with Crippen molar-refractivity contribution in [1.29, 1.82) is 0 Å². The van der Waals surface area contributed by atoms with Gasteiger partial charge in [-0.1, -0.05) is 0 Å². The van der Waals surface area contributed by atoms with Crippen LogP contribution in [0.25, 0.3) is 0 Å². The number of carbonyl (C=O) groups is 2. The highest BCUT2D eigenvalue weighted by Crippen LogP contribution is 2.22. The summed E-state index contributed by atoms with van der Waals surface area (Å²) in [7, 11) is 0. The lowest BCUT2D eigenvalue weighted by atomic mass is 10.2. The summed E-state index contributed by atoms with van der Waals surface area (Å²) < 4.78 is 24.7. The minimum absolute atomic E-state index is 0.0607. The lowest BCUT2D eigenvalue weighted by molar-refractivity contribution is -0.132. The summed E-state index contributed by atoms with van der Waals surface area (Å²) in [6, 6.07) is -0.169. The van der Waals surface area contributed by atoms with E-state index >= 15 is 0 Å². The van der Waals surface area contributed by atoms with Gasteiger partial charge in [0.25, 0.3) is 6.43 Å². The Balaban J connectivity index is 1.51. The number of halogens is 2. The molecule has 2 aliphatic heterocycles. The van der Waals surface area contributed by atoms with E-state index in [1.807, 2.05) is 0 Å². The quantitative estimate of drug-likeness (QED) is 0.837. The Morgan fingerprint density at radius 3 is 2.67 bits per heavy atom.